The summed E-state index contributed by atoms with van der Waals surface area (Å²) >= 11 is 2.32. The highest BCUT2D eigenvalue weighted by Crippen LogP contribution is 2.52. The van der Waals surface area contributed by atoms with E-state index in [4.69, 9.17) is 4.74 Å². The molecule has 0 aliphatic carbocycles. The van der Waals surface area contributed by atoms with E-state index in [9.17, 15) is 0 Å². The molecule has 18 heavy (non-hydrogen) atoms. The van der Waals surface area contributed by atoms with Gasteiger partial charge in [-0.1, -0.05) is 81.5 Å². The van der Waals surface area contributed by atoms with E-state index >= 15 is 0 Å². The van der Waals surface area contributed by atoms with Crippen LogP contribution in [0.25, 0.3) is 0 Å². The minimum absolute atomic E-state index is 0.679. The van der Waals surface area contributed by atoms with Gasteiger partial charge in [-0.25, -0.2) is 0 Å². The Balaban J connectivity index is 5.61. The fourth-order valence-corrected chi connectivity index (χ4v) is 39.4. The summed E-state index contributed by atoms with van der Waals surface area (Å²) in [7, 11) is -2.60. The molecule has 0 bridgehead atoms. The molecule has 0 aromatic carbocycles. The van der Waals surface area contributed by atoms with E-state index in [1.807, 2.05) is 0 Å². The zero-order valence-electron chi connectivity index (χ0n) is 13.7. The normalized spacial score (nSPS) is 15.0. The maximum atomic E-state index is 5.74. The Morgan fingerprint density at radius 3 is 1.39 bits per heavy atom. The summed E-state index contributed by atoms with van der Waals surface area (Å²) < 4.78 is 7.26. The molecule has 6 heteroatoms. The van der Waals surface area contributed by atoms with Crippen LogP contribution >= 0.6 is 22.6 Å². The monoisotopic (exact) mass is 430 g/mol. The van der Waals surface area contributed by atoms with Gasteiger partial charge in [-0.15, -0.1) is 0 Å². The number of ether oxygens (including phenoxy) is 1. The lowest BCUT2D eigenvalue weighted by Crippen LogP contribution is -2.69. The molecule has 0 saturated heterocycles. The van der Waals surface area contributed by atoms with Crippen LogP contribution in [0.1, 0.15) is 0 Å². The van der Waals surface area contributed by atoms with Gasteiger partial charge in [-0.2, -0.15) is 0 Å². The highest BCUT2D eigenvalue weighted by atomic mass is 127. The largest absolute Gasteiger partial charge is 0.375 e. The Labute approximate surface area is 134 Å². The molecule has 0 N–H and O–H groups in total. The number of alkyl halides is 1. The third-order valence-corrected chi connectivity index (χ3v) is 33.8. The molecule has 108 valence electrons. The van der Waals surface area contributed by atoms with E-state index in [2.05, 4.69) is 81.5 Å². The van der Waals surface area contributed by atoms with Crippen LogP contribution in [0.2, 0.25) is 62.8 Å². The lowest BCUT2D eigenvalue weighted by Gasteiger charge is -2.59. The molecule has 0 fully saturated rings. The van der Waals surface area contributed by atoms with Crippen LogP contribution < -0.4 is 0 Å². The SMILES string of the molecule is C[Si](C)(C)C([Si]COCI)([Si](C)(C)C)[Si](C)(C)C. The second kappa shape index (κ2) is 6.55. The second-order valence-corrected chi connectivity index (χ2v) is 28.9. The average Bonchev–Trinajstić information content (AvgIpc) is 2.05. The number of halogens is 1. The quantitative estimate of drug-likeness (QED) is 0.243. The van der Waals surface area contributed by atoms with Gasteiger partial charge in [0.25, 0.3) is 0 Å². The third kappa shape index (κ3) is 4.03. The predicted octanol–water partition coefficient (Wildman–Crippen LogP) is 4.85. The van der Waals surface area contributed by atoms with Gasteiger partial charge in [0.05, 0.1) is 14.1 Å². The highest BCUT2D eigenvalue weighted by molar-refractivity contribution is 14.1. The van der Waals surface area contributed by atoms with Crippen LogP contribution in [0.4, 0.5) is 0 Å². The number of hydrogen-bond acceptors (Lipinski definition) is 1. The zero-order chi connectivity index (χ0) is 14.8. The number of rotatable bonds is 7. The van der Waals surface area contributed by atoms with Crippen molar-refractivity contribution >= 4 is 56.3 Å². The van der Waals surface area contributed by atoms with E-state index in [0.29, 0.717) is 3.91 Å². The minimum atomic E-state index is -1.20. The van der Waals surface area contributed by atoms with Crippen molar-refractivity contribution in [2.24, 2.45) is 0 Å². The third-order valence-electron chi connectivity index (χ3n) is 3.89. The molecule has 0 aromatic rings. The van der Waals surface area contributed by atoms with E-state index in [-0.39, 0.29) is 0 Å². The fourth-order valence-electron chi connectivity index (χ4n) is 4.37. The van der Waals surface area contributed by atoms with Crippen LogP contribution in [0.15, 0.2) is 0 Å². The molecular formula is C12H31IOSi4. The highest BCUT2D eigenvalue weighted by Gasteiger charge is 2.59. The first kappa shape index (κ1) is 19.6. The van der Waals surface area contributed by atoms with Crippen molar-refractivity contribution in [1.29, 1.82) is 0 Å². The van der Waals surface area contributed by atoms with Crippen LogP contribution in [0, 0.1) is 0 Å². The van der Waals surface area contributed by atoms with Gasteiger partial charge in [0, 0.05) is 30.5 Å². The summed E-state index contributed by atoms with van der Waals surface area (Å²) in [6, 6.07) is 0. The fraction of sp³-hybridized carbons (Fsp3) is 1.00. The lowest BCUT2D eigenvalue weighted by atomic mass is 11.5. The molecule has 2 radical (unpaired) electrons. The summed E-state index contributed by atoms with van der Waals surface area (Å²) in [6.07, 6.45) is 0.988. The second-order valence-electron chi connectivity index (χ2n) is 8.13. The molecule has 0 spiro atoms. The summed E-state index contributed by atoms with van der Waals surface area (Å²) in [6.45, 7) is 23.4. The van der Waals surface area contributed by atoms with Gasteiger partial charge in [-0.05, 0) is 3.91 Å². The Morgan fingerprint density at radius 2 is 1.17 bits per heavy atom. The topological polar surface area (TPSA) is 9.23 Å². The molecule has 0 atom stereocenters. The molecule has 0 aliphatic heterocycles. The maximum Gasteiger partial charge on any atom is 0.0974 e. The van der Waals surface area contributed by atoms with Crippen molar-refractivity contribution in [2.45, 2.75) is 62.8 Å². The Morgan fingerprint density at radius 1 is 0.833 bits per heavy atom. The van der Waals surface area contributed by atoms with Crippen molar-refractivity contribution in [3.05, 3.63) is 0 Å². The van der Waals surface area contributed by atoms with Crippen LogP contribution in [0.3, 0.4) is 0 Å². The summed E-state index contributed by atoms with van der Waals surface area (Å²) in [5.74, 6) is 0. The minimum Gasteiger partial charge on any atom is -0.375 e. The van der Waals surface area contributed by atoms with Gasteiger partial charge in [0.1, 0.15) is 0 Å². The summed E-state index contributed by atoms with van der Waals surface area (Å²) in [5.41, 5.74) is 0. The van der Waals surface area contributed by atoms with Crippen molar-refractivity contribution in [3.63, 3.8) is 0 Å². The summed E-state index contributed by atoms with van der Waals surface area (Å²) in [5, 5.41) is 0. The first-order valence-electron chi connectivity index (χ1n) is 6.70. The van der Waals surface area contributed by atoms with E-state index in [1.165, 1.54) is 0 Å². The van der Waals surface area contributed by atoms with Crippen molar-refractivity contribution in [1.82, 2.24) is 0 Å². The molecule has 0 unspecified atom stereocenters. The maximum absolute atomic E-state index is 5.74. The first-order chi connectivity index (χ1) is 7.81. The average molecular weight is 431 g/mol. The smallest absolute Gasteiger partial charge is 0.0974 e. The van der Waals surface area contributed by atoms with Crippen molar-refractivity contribution < 1.29 is 4.74 Å². The van der Waals surface area contributed by atoms with Crippen LogP contribution in [-0.2, 0) is 4.74 Å². The van der Waals surface area contributed by atoms with Gasteiger partial charge < -0.3 is 4.74 Å². The molecule has 0 heterocycles. The molecule has 0 amide bonds. The van der Waals surface area contributed by atoms with Crippen molar-refractivity contribution in [3.8, 4) is 0 Å². The van der Waals surface area contributed by atoms with Gasteiger partial charge in [0.15, 0.2) is 0 Å². The van der Waals surface area contributed by atoms with E-state index < -0.39 is 24.2 Å². The molecule has 0 saturated carbocycles. The Hall–Kier alpha value is 1.56. The predicted molar refractivity (Wildman–Crippen MR) is 103 cm³/mol. The lowest BCUT2D eigenvalue weighted by molar-refractivity contribution is 0.242. The number of hydrogen-bond donors (Lipinski definition) is 0. The van der Waals surface area contributed by atoms with Gasteiger partial charge in [-0.3, -0.25) is 0 Å². The van der Waals surface area contributed by atoms with Crippen LogP contribution in [-0.4, -0.2) is 44.6 Å². The molecule has 0 aromatic heterocycles. The molecular weight excluding hydrogens is 399 g/mol. The van der Waals surface area contributed by atoms with Gasteiger partial charge in [0.2, 0.25) is 0 Å². The van der Waals surface area contributed by atoms with E-state index in [1.54, 1.807) is 0 Å². The van der Waals surface area contributed by atoms with Crippen LogP contribution in [0.5, 0.6) is 0 Å². The Kier molecular flexibility index (Phi) is 7.11. The Bertz CT molecular complexity index is 227. The zero-order valence-corrected chi connectivity index (χ0v) is 19.9. The molecule has 0 aliphatic rings. The molecule has 1 nitrogen and oxygen atoms in total. The molecule has 0 rings (SSSR count). The summed E-state index contributed by atoms with van der Waals surface area (Å²) in [4.78, 5) is 0. The van der Waals surface area contributed by atoms with E-state index in [0.717, 1.165) is 20.4 Å². The van der Waals surface area contributed by atoms with Crippen molar-refractivity contribution in [2.75, 3.05) is 10.8 Å². The first-order valence-corrected chi connectivity index (χ1v) is 19.9. The van der Waals surface area contributed by atoms with Gasteiger partial charge >= 0.3 is 0 Å². The standard InChI is InChI=1S/C12H31IOSi4/c1-16(2,3)12(17(4,5)6,18(7,8)9)15-11-14-10-13/h10-11H2,1-9H3.